The molecule has 0 atom stereocenters. The average Bonchev–Trinajstić information content (AvgIpc) is 2.30. The van der Waals surface area contributed by atoms with E-state index in [1.54, 1.807) is 17.8 Å². The van der Waals surface area contributed by atoms with Gasteiger partial charge in [0.15, 0.2) is 0 Å². The van der Waals surface area contributed by atoms with Crippen LogP contribution in [0.5, 0.6) is 0 Å². The monoisotopic (exact) mass is 246 g/mol. The Morgan fingerprint density at radius 3 is 2.88 bits per heavy atom. The lowest BCUT2D eigenvalue weighted by Crippen LogP contribution is -2.20. The van der Waals surface area contributed by atoms with Crippen molar-refractivity contribution in [1.82, 2.24) is 9.88 Å². The van der Waals surface area contributed by atoms with Gasteiger partial charge >= 0.3 is 0 Å². The summed E-state index contributed by atoms with van der Waals surface area (Å²) in [4.78, 5) is 7.76. The van der Waals surface area contributed by atoms with Crippen molar-refractivity contribution in [2.45, 2.75) is 6.54 Å². The number of aromatic nitrogens is 1. The summed E-state index contributed by atoms with van der Waals surface area (Å²) in [7, 11) is 2.08. The zero-order chi connectivity index (χ0) is 12.5. The summed E-state index contributed by atoms with van der Waals surface area (Å²) in [6.07, 6.45) is 5.64. The van der Waals surface area contributed by atoms with Crippen molar-refractivity contribution in [1.29, 1.82) is 0 Å². The molecule has 0 spiro atoms. The molecule has 90 valence electrons. The van der Waals surface area contributed by atoms with E-state index in [-0.39, 0.29) is 0 Å². The van der Waals surface area contributed by atoms with Crippen molar-refractivity contribution in [3.05, 3.63) is 65.7 Å². The molecule has 0 aliphatic heterocycles. The third-order valence-corrected chi connectivity index (χ3v) is 2.86. The van der Waals surface area contributed by atoms with Crippen LogP contribution >= 0.6 is 11.8 Å². The minimum absolute atomic E-state index is 0.840. The molecule has 3 heteroatoms. The molecule has 1 aromatic heterocycles. The molecular weight excluding hydrogens is 228 g/mol. The van der Waals surface area contributed by atoms with E-state index in [1.807, 2.05) is 35.9 Å². The van der Waals surface area contributed by atoms with Crippen LogP contribution in [-0.2, 0) is 6.54 Å². The van der Waals surface area contributed by atoms with Crippen molar-refractivity contribution in [3.8, 4) is 0 Å². The summed E-state index contributed by atoms with van der Waals surface area (Å²) < 4.78 is 0. The Kier molecular flexibility index (Phi) is 6.37. The molecular formula is C14H18N2S. The number of rotatable bonds is 7. The smallest absolute Gasteiger partial charge is 0.0543 e. The maximum Gasteiger partial charge on any atom is 0.0543 e. The molecule has 0 aliphatic rings. The van der Waals surface area contributed by atoms with Crippen molar-refractivity contribution >= 4 is 11.8 Å². The quantitative estimate of drug-likeness (QED) is 0.685. The van der Waals surface area contributed by atoms with Crippen molar-refractivity contribution in [2.24, 2.45) is 0 Å². The summed E-state index contributed by atoms with van der Waals surface area (Å²) in [5.74, 6) is 0. The highest BCUT2D eigenvalue weighted by Gasteiger charge is 2.03. The van der Waals surface area contributed by atoms with E-state index < -0.39 is 0 Å². The molecule has 0 unspecified atom stereocenters. The Hall–Kier alpha value is -1.32. The third-order valence-electron chi connectivity index (χ3n) is 2.12. The van der Waals surface area contributed by atoms with Gasteiger partial charge in [0.05, 0.1) is 5.69 Å². The molecule has 17 heavy (non-hydrogen) atoms. The topological polar surface area (TPSA) is 16.1 Å². The summed E-state index contributed by atoms with van der Waals surface area (Å²) in [6.45, 7) is 9.16. The van der Waals surface area contributed by atoms with Gasteiger partial charge in [0.1, 0.15) is 0 Å². The first-order valence-electron chi connectivity index (χ1n) is 5.44. The van der Waals surface area contributed by atoms with Gasteiger partial charge in [-0.05, 0) is 24.6 Å². The van der Waals surface area contributed by atoms with E-state index in [0.717, 1.165) is 18.8 Å². The van der Waals surface area contributed by atoms with Crippen LogP contribution in [0.2, 0.25) is 0 Å². The van der Waals surface area contributed by atoms with Gasteiger partial charge in [-0.3, -0.25) is 9.88 Å². The van der Waals surface area contributed by atoms with Gasteiger partial charge in [-0.2, -0.15) is 0 Å². The largest absolute Gasteiger partial charge is 0.296 e. The normalized spacial score (nSPS) is 11.5. The van der Waals surface area contributed by atoms with Gasteiger partial charge in [-0.15, -0.1) is 11.8 Å². The highest BCUT2D eigenvalue weighted by Crippen LogP contribution is 2.17. The van der Waals surface area contributed by atoms with Gasteiger partial charge in [0, 0.05) is 24.2 Å². The van der Waals surface area contributed by atoms with Crippen LogP contribution in [0.4, 0.5) is 0 Å². The second-order valence-electron chi connectivity index (χ2n) is 3.65. The number of hydrogen-bond acceptors (Lipinski definition) is 3. The fourth-order valence-electron chi connectivity index (χ4n) is 1.46. The molecule has 0 fully saturated rings. The van der Waals surface area contributed by atoms with Crippen LogP contribution < -0.4 is 0 Å². The van der Waals surface area contributed by atoms with E-state index in [9.17, 15) is 0 Å². The lowest BCUT2D eigenvalue weighted by atomic mass is 10.3. The summed E-state index contributed by atoms with van der Waals surface area (Å²) in [5.41, 5.74) is 1.08. The van der Waals surface area contributed by atoms with E-state index in [1.165, 1.54) is 4.91 Å². The van der Waals surface area contributed by atoms with Crippen molar-refractivity contribution < 1.29 is 0 Å². The molecule has 0 saturated carbocycles. The minimum Gasteiger partial charge on any atom is -0.296 e. The van der Waals surface area contributed by atoms with Gasteiger partial charge in [0.2, 0.25) is 0 Å². The third kappa shape index (κ3) is 5.52. The average molecular weight is 246 g/mol. The molecule has 0 amide bonds. The Bertz CT molecular complexity index is 384. The van der Waals surface area contributed by atoms with E-state index in [2.05, 4.69) is 30.1 Å². The van der Waals surface area contributed by atoms with Crippen LogP contribution in [0, 0.1) is 0 Å². The highest BCUT2D eigenvalue weighted by atomic mass is 32.2. The number of likely N-dealkylation sites (N-methyl/N-ethyl adjacent to an activating group) is 1. The van der Waals surface area contributed by atoms with Gasteiger partial charge in [-0.25, -0.2) is 0 Å². The van der Waals surface area contributed by atoms with Crippen LogP contribution in [0.3, 0.4) is 0 Å². The zero-order valence-corrected chi connectivity index (χ0v) is 11.0. The van der Waals surface area contributed by atoms with Crippen LogP contribution in [0.1, 0.15) is 5.69 Å². The SMILES string of the molecule is C=C/C=C(/CN(C)Cc1ccccn1)SC=C. The molecule has 1 heterocycles. The van der Waals surface area contributed by atoms with E-state index >= 15 is 0 Å². The van der Waals surface area contributed by atoms with Gasteiger partial charge in [-0.1, -0.05) is 31.4 Å². The van der Waals surface area contributed by atoms with Crippen LogP contribution in [0.15, 0.2) is 60.0 Å². The van der Waals surface area contributed by atoms with Crippen LogP contribution in [0.25, 0.3) is 0 Å². The predicted molar refractivity (Wildman–Crippen MR) is 76.6 cm³/mol. The van der Waals surface area contributed by atoms with Crippen molar-refractivity contribution in [2.75, 3.05) is 13.6 Å². The Morgan fingerprint density at radius 1 is 1.47 bits per heavy atom. The lowest BCUT2D eigenvalue weighted by molar-refractivity contribution is 0.356. The Labute approximate surface area is 108 Å². The van der Waals surface area contributed by atoms with Gasteiger partial charge < -0.3 is 0 Å². The first-order valence-corrected chi connectivity index (χ1v) is 6.32. The van der Waals surface area contributed by atoms with Gasteiger partial charge in [0.25, 0.3) is 0 Å². The van der Waals surface area contributed by atoms with Crippen LogP contribution in [-0.4, -0.2) is 23.5 Å². The maximum absolute atomic E-state index is 4.31. The highest BCUT2D eigenvalue weighted by molar-refractivity contribution is 8.05. The standard InChI is InChI=1S/C14H18N2S/c1-4-8-14(17-5-2)12-16(3)11-13-9-6-7-10-15-13/h4-10H,1-2,11-12H2,3H3/b14-8-. The summed E-state index contributed by atoms with van der Waals surface area (Å²) in [5, 5.41) is 1.84. The molecule has 0 aliphatic carbocycles. The molecule has 1 aromatic rings. The second-order valence-corrected chi connectivity index (χ2v) is 4.74. The molecule has 0 N–H and O–H groups in total. The summed E-state index contributed by atoms with van der Waals surface area (Å²) >= 11 is 1.63. The zero-order valence-electron chi connectivity index (χ0n) is 10.2. The Morgan fingerprint density at radius 2 is 2.29 bits per heavy atom. The first-order chi connectivity index (χ1) is 8.26. The fourth-order valence-corrected chi connectivity index (χ4v) is 2.14. The molecule has 0 radical (unpaired) electrons. The van der Waals surface area contributed by atoms with E-state index in [0.29, 0.717) is 0 Å². The number of hydrogen-bond donors (Lipinski definition) is 0. The maximum atomic E-state index is 4.31. The lowest BCUT2D eigenvalue weighted by Gasteiger charge is -2.17. The Balaban J connectivity index is 2.53. The predicted octanol–water partition coefficient (Wildman–Crippen LogP) is 3.46. The molecule has 1 rings (SSSR count). The van der Waals surface area contributed by atoms with E-state index in [4.69, 9.17) is 0 Å². The molecule has 0 aromatic carbocycles. The van der Waals surface area contributed by atoms with Crippen molar-refractivity contribution in [3.63, 3.8) is 0 Å². The number of allylic oxidation sites excluding steroid dienone is 2. The number of thioether (sulfide) groups is 1. The second kappa shape index (κ2) is 7.87. The first kappa shape index (κ1) is 13.7. The fraction of sp³-hybridized carbons (Fsp3) is 0.214. The molecule has 0 bridgehead atoms. The molecule has 2 nitrogen and oxygen atoms in total. The summed E-state index contributed by atoms with van der Waals surface area (Å²) in [6, 6.07) is 5.98. The minimum atomic E-state index is 0.840. The number of nitrogens with zero attached hydrogens (tertiary/aromatic N) is 2. The molecule has 0 saturated heterocycles. The number of pyridine rings is 1.